The van der Waals surface area contributed by atoms with E-state index < -0.39 is 0 Å². The molecule has 1 N–H and O–H groups in total. The van der Waals surface area contributed by atoms with E-state index in [0.717, 1.165) is 25.9 Å². The number of rotatable bonds is 4. The molecule has 0 aromatic heterocycles. The predicted octanol–water partition coefficient (Wildman–Crippen LogP) is 1.25. The normalized spacial score (nSPS) is 22.4. The molecular weight excluding hydrogens is 166 g/mol. The topological polar surface area (TPSA) is 38.3 Å². The predicted molar refractivity (Wildman–Crippen MR) is 51.4 cm³/mol. The van der Waals surface area contributed by atoms with Gasteiger partial charge in [0, 0.05) is 13.2 Å². The Hall–Kier alpha value is -0.830. The van der Waals surface area contributed by atoms with Crippen molar-refractivity contribution in [2.45, 2.75) is 32.3 Å². The molecule has 74 valence electrons. The molecule has 1 aliphatic heterocycles. The molecule has 0 bridgehead atoms. The Balaban J connectivity index is 2.02. The maximum Gasteiger partial charge on any atom is 0.243 e. The van der Waals surface area contributed by atoms with Crippen LogP contribution in [-0.4, -0.2) is 25.2 Å². The first kappa shape index (κ1) is 10.3. The lowest BCUT2D eigenvalue weighted by atomic mass is 10.2. The largest absolute Gasteiger partial charge is 0.378 e. The summed E-state index contributed by atoms with van der Waals surface area (Å²) < 4.78 is 5.43. The number of amides is 1. The zero-order valence-electron chi connectivity index (χ0n) is 8.08. The quantitative estimate of drug-likeness (QED) is 0.666. The van der Waals surface area contributed by atoms with E-state index in [1.54, 1.807) is 6.08 Å². The number of ether oxygens (including phenoxy) is 1. The molecule has 0 saturated carbocycles. The Labute approximate surface area is 79.2 Å². The molecule has 0 spiro atoms. The van der Waals surface area contributed by atoms with E-state index in [0.29, 0.717) is 12.6 Å². The van der Waals surface area contributed by atoms with Crippen molar-refractivity contribution < 1.29 is 9.53 Å². The average Bonchev–Trinajstić information content (AvgIpc) is 2.57. The highest BCUT2D eigenvalue weighted by Gasteiger charge is 2.14. The molecule has 0 aromatic rings. The van der Waals surface area contributed by atoms with Crippen LogP contribution in [0, 0.1) is 0 Å². The minimum absolute atomic E-state index is 0.0134. The van der Waals surface area contributed by atoms with Gasteiger partial charge in [-0.15, -0.1) is 0 Å². The van der Waals surface area contributed by atoms with Crippen LogP contribution in [-0.2, 0) is 9.53 Å². The van der Waals surface area contributed by atoms with Gasteiger partial charge in [0.05, 0.1) is 6.10 Å². The van der Waals surface area contributed by atoms with E-state index in [1.165, 1.54) is 6.08 Å². The van der Waals surface area contributed by atoms with Gasteiger partial charge in [-0.1, -0.05) is 6.08 Å². The van der Waals surface area contributed by atoms with Crippen molar-refractivity contribution in [2.75, 3.05) is 13.2 Å². The Morgan fingerprint density at radius 1 is 1.69 bits per heavy atom. The van der Waals surface area contributed by atoms with Crippen LogP contribution in [0.5, 0.6) is 0 Å². The first-order valence-corrected chi connectivity index (χ1v) is 4.85. The lowest BCUT2D eigenvalue weighted by Crippen LogP contribution is -2.25. The van der Waals surface area contributed by atoms with Crippen molar-refractivity contribution in [1.29, 1.82) is 0 Å². The fourth-order valence-corrected chi connectivity index (χ4v) is 1.44. The molecule has 3 heteroatoms. The van der Waals surface area contributed by atoms with Crippen LogP contribution in [0.1, 0.15) is 26.2 Å². The summed E-state index contributed by atoms with van der Waals surface area (Å²) in [7, 11) is 0. The molecule has 0 aliphatic carbocycles. The van der Waals surface area contributed by atoms with Gasteiger partial charge >= 0.3 is 0 Å². The SMILES string of the molecule is CC=CC(=O)NCCC1CCCO1. The van der Waals surface area contributed by atoms with E-state index in [9.17, 15) is 4.79 Å². The summed E-state index contributed by atoms with van der Waals surface area (Å²) in [6.07, 6.45) is 6.87. The van der Waals surface area contributed by atoms with E-state index in [1.807, 2.05) is 6.92 Å². The Morgan fingerprint density at radius 3 is 3.15 bits per heavy atom. The van der Waals surface area contributed by atoms with Crippen molar-refractivity contribution in [1.82, 2.24) is 5.32 Å². The van der Waals surface area contributed by atoms with Gasteiger partial charge in [-0.05, 0) is 32.3 Å². The third kappa shape index (κ3) is 4.08. The van der Waals surface area contributed by atoms with E-state index in [-0.39, 0.29) is 5.91 Å². The summed E-state index contributed by atoms with van der Waals surface area (Å²) in [6, 6.07) is 0. The van der Waals surface area contributed by atoms with E-state index in [2.05, 4.69) is 5.32 Å². The lowest BCUT2D eigenvalue weighted by Gasteiger charge is -2.08. The molecule has 1 unspecified atom stereocenters. The lowest BCUT2D eigenvalue weighted by molar-refractivity contribution is -0.116. The van der Waals surface area contributed by atoms with Crippen molar-refractivity contribution in [2.24, 2.45) is 0 Å². The zero-order chi connectivity index (χ0) is 9.52. The van der Waals surface area contributed by atoms with Crippen LogP contribution in [0.2, 0.25) is 0 Å². The fourth-order valence-electron chi connectivity index (χ4n) is 1.44. The van der Waals surface area contributed by atoms with Gasteiger partial charge in [0.15, 0.2) is 0 Å². The number of hydrogen-bond donors (Lipinski definition) is 1. The van der Waals surface area contributed by atoms with E-state index >= 15 is 0 Å². The van der Waals surface area contributed by atoms with Gasteiger partial charge in [0.2, 0.25) is 5.91 Å². The van der Waals surface area contributed by atoms with Gasteiger partial charge in [-0.2, -0.15) is 0 Å². The highest BCUT2D eigenvalue weighted by molar-refractivity contribution is 5.87. The fraction of sp³-hybridized carbons (Fsp3) is 0.700. The first-order valence-electron chi connectivity index (χ1n) is 4.85. The monoisotopic (exact) mass is 183 g/mol. The maximum atomic E-state index is 11.0. The highest BCUT2D eigenvalue weighted by Crippen LogP contribution is 2.14. The summed E-state index contributed by atoms with van der Waals surface area (Å²) >= 11 is 0. The van der Waals surface area contributed by atoms with Crippen LogP contribution < -0.4 is 5.32 Å². The van der Waals surface area contributed by atoms with Gasteiger partial charge in [0.1, 0.15) is 0 Å². The molecule has 13 heavy (non-hydrogen) atoms. The third-order valence-electron chi connectivity index (χ3n) is 2.11. The van der Waals surface area contributed by atoms with Gasteiger partial charge < -0.3 is 10.1 Å². The van der Waals surface area contributed by atoms with Crippen LogP contribution in [0.3, 0.4) is 0 Å². The summed E-state index contributed by atoms with van der Waals surface area (Å²) in [4.78, 5) is 11.0. The van der Waals surface area contributed by atoms with E-state index in [4.69, 9.17) is 4.74 Å². The standard InChI is InChI=1S/C10H17NO2/c1-2-4-10(12)11-7-6-9-5-3-8-13-9/h2,4,9H,3,5-8H2,1H3,(H,11,12). The summed E-state index contributed by atoms with van der Waals surface area (Å²) in [5.74, 6) is -0.0134. The molecule has 1 aliphatic rings. The molecule has 1 fully saturated rings. The first-order chi connectivity index (χ1) is 6.33. The van der Waals surface area contributed by atoms with Crippen molar-refractivity contribution in [3.63, 3.8) is 0 Å². The second kappa shape index (κ2) is 5.75. The molecule has 3 nitrogen and oxygen atoms in total. The van der Waals surface area contributed by atoms with Gasteiger partial charge in [-0.25, -0.2) is 0 Å². The van der Waals surface area contributed by atoms with Crippen LogP contribution in [0.25, 0.3) is 0 Å². The Morgan fingerprint density at radius 2 is 2.54 bits per heavy atom. The minimum atomic E-state index is -0.0134. The Bertz CT molecular complexity index is 183. The van der Waals surface area contributed by atoms with Crippen LogP contribution in [0.4, 0.5) is 0 Å². The Kier molecular flexibility index (Phi) is 4.54. The third-order valence-corrected chi connectivity index (χ3v) is 2.11. The maximum absolute atomic E-state index is 11.0. The number of nitrogens with one attached hydrogen (secondary N) is 1. The summed E-state index contributed by atoms with van der Waals surface area (Å²) in [6.45, 7) is 3.43. The molecule has 1 rings (SSSR count). The van der Waals surface area contributed by atoms with Crippen molar-refractivity contribution >= 4 is 5.91 Å². The van der Waals surface area contributed by atoms with Crippen molar-refractivity contribution in [3.05, 3.63) is 12.2 Å². The molecule has 0 aromatic carbocycles. The molecule has 0 radical (unpaired) electrons. The number of hydrogen-bond acceptors (Lipinski definition) is 2. The molecule has 1 heterocycles. The number of allylic oxidation sites excluding steroid dienone is 1. The summed E-state index contributed by atoms with van der Waals surface area (Å²) in [5.41, 5.74) is 0. The minimum Gasteiger partial charge on any atom is -0.378 e. The second-order valence-electron chi connectivity index (χ2n) is 3.21. The van der Waals surface area contributed by atoms with Gasteiger partial charge in [0.25, 0.3) is 0 Å². The average molecular weight is 183 g/mol. The van der Waals surface area contributed by atoms with Crippen molar-refractivity contribution in [3.8, 4) is 0 Å². The van der Waals surface area contributed by atoms with Gasteiger partial charge in [-0.3, -0.25) is 4.79 Å². The van der Waals surface area contributed by atoms with Crippen LogP contribution in [0.15, 0.2) is 12.2 Å². The smallest absolute Gasteiger partial charge is 0.243 e. The number of carbonyl (C=O) groups excluding carboxylic acids is 1. The molecule has 1 atom stereocenters. The highest BCUT2D eigenvalue weighted by atomic mass is 16.5. The van der Waals surface area contributed by atoms with Crippen LogP contribution >= 0.6 is 0 Å². The molecule has 1 saturated heterocycles. The summed E-state index contributed by atoms with van der Waals surface area (Å²) in [5, 5.41) is 2.80. The second-order valence-corrected chi connectivity index (χ2v) is 3.21. The molecule has 1 amide bonds. The number of carbonyl (C=O) groups is 1. The zero-order valence-corrected chi connectivity index (χ0v) is 8.08. The molecular formula is C10H17NO2.